The molecule has 4 heteroatoms. The smallest absolute Gasteiger partial charge is 0.223 e. The maximum Gasteiger partial charge on any atom is 0.223 e. The molecule has 0 spiro atoms. The Hall–Kier alpha value is -0.610. The number of hydrogen-bond acceptors (Lipinski definition) is 3. The third kappa shape index (κ3) is 2.55. The molecule has 2 fully saturated rings. The van der Waals surface area contributed by atoms with Gasteiger partial charge in [-0.3, -0.25) is 4.79 Å². The first-order chi connectivity index (χ1) is 7.70. The van der Waals surface area contributed by atoms with Crippen LogP contribution in [0.4, 0.5) is 0 Å². The summed E-state index contributed by atoms with van der Waals surface area (Å²) in [4.78, 5) is 11.8. The van der Waals surface area contributed by atoms with Crippen LogP contribution in [0.3, 0.4) is 0 Å². The van der Waals surface area contributed by atoms with E-state index in [-0.39, 0.29) is 30.4 Å². The van der Waals surface area contributed by atoms with Gasteiger partial charge in [-0.05, 0) is 25.7 Å². The van der Waals surface area contributed by atoms with Crippen molar-refractivity contribution in [1.29, 1.82) is 0 Å². The first kappa shape index (κ1) is 11.9. The van der Waals surface area contributed by atoms with Gasteiger partial charge in [-0.15, -0.1) is 0 Å². The van der Waals surface area contributed by atoms with Gasteiger partial charge in [0.05, 0.1) is 6.10 Å². The summed E-state index contributed by atoms with van der Waals surface area (Å²) in [5, 5.41) is 21.7. The van der Waals surface area contributed by atoms with E-state index < -0.39 is 6.10 Å². The van der Waals surface area contributed by atoms with E-state index in [2.05, 4.69) is 5.32 Å². The van der Waals surface area contributed by atoms with Gasteiger partial charge in [-0.1, -0.05) is 12.8 Å². The van der Waals surface area contributed by atoms with Crippen molar-refractivity contribution in [3.05, 3.63) is 0 Å². The molecular formula is C12H21NO3. The van der Waals surface area contributed by atoms with Crippen LogP contribution in [-0.4, -0.2) is 34.9 Å². The molecule has 2 aliphatic rings. The monoisotopic (exact) mass is 227 g/mol. The van der Waals surface area contributed by atoms with Gasteiger partial charge in [0.25, 0.3) is 0 Å². The Morgan fingerprint density at radius 2 is 1.94 bits per heavy atom. The molecule has 0 aromatic rings. The Morgan fingerprint density at radius 3 is 2.50 bits per heavy atom. The summed E-state index contributed by atoms with van der Waals surface area (Å²) in [7, 11) is 0. The van der Waals surface area contributed by atoms with Crippen LogP contribution in [0.1, 0.15) is 38.5 Å². The zero-order chi connectivity index (χ0) is 11.5. The number of nitrogens with one attached hydrogen (secondary N) is 1. The molecule has 0 saturated heterocycles. The lowest BCUT2D eigenvalue weighted by Crippen LogP contribution is -2.37. The molecule has 3 N–H and O–H groups in total. The Labute approximate surface area is 96.0 Å². The topological polar surface area (TPSA) is 69.6 Å². The van der Waals surface area contributed by atoms with Crippen LogP contribution in [0.15, 0.2) is 0 Å². The number of amides is 1. The minimum atomic E-state index is -0.459. The maximum atomic E-state index is 11.8. The molecule has 92 valence electrons. The van der Waals surface area contributed by atoms with Crippen molar-refractivity contribution in [3.8, 4) is 0 Å². The third-order valence-electron chi connectivity index (χ3n) is 3.96. The highest BCUT2D eigenvalue weighted by atomic mass is 16.3. The standard InChI is InChI=1S/C12H21NO3/c14-7-9-5-10(6-11(9)15)13-12(16)8-3-1-2-4-8/h8-11,14-15H,1-7H2,(H,13,16)/t9-,10-,11+/m0/s1. The minimum Gasteiger partial charge on any atom is -0.396 e. The van der Waals surface area contributed by atoms with Crippen molar-refractivity contribution in [2.45, 2.75) is 50.7 Å². The number of rotatable bonds is 3. The molecule has 2 aliphatic carbocycles. The Morgan fingerprint density at radius 1 is 1.25 bits per heavy atom. The first-order valence-corrected chi connectivity index (χ1v) is 6.30. The van der Waals surface area contributed by atoms with E-state index in [1.807, 2.05) is 0 Å². The fourth-order valence-corrected chi connectivity index (χ4v) is 2.92. The third-order valence-corrected chi connectivity index (χ3v) is 3.96. The van der Waals surface area contributed by atoms with Crippen LogP contribution in [0.2, 0.25) is 0 Å². The molecule has 2 saturated carbocycles. The average Bonchev–Trinajstić information content (AvgIpc) is 2.87. The molecule has 4 nitrogen and oxygen atoms in total. The number of aliphatic hydroxyl groups excluding tert-OH is 2. The lowest BCUT2D eigenvalue weighted by atomic mass is 10.1. The SMILES string of the molecule is O=C(N[C@H]1C[C@@H](CO)[C@H](O)C1)C1CCCC1. The summed E-state index contributed by atoms with van der Waals surface area (Å²) in [6, 6.07) is 0.0558. The van der Waals surface area contributed by atoms with Crippen molar-refractivity contribution in [2.75, 3.05) is 6.61 Å². The van der Waals surface area contributed by atoms with Crippen LogP contribution < -0.4 is 5.32 Å². The largest absolute Gasteiger partial charge is 0.396 e. The van der Waals surface area contributed by atoms with E-state index in [9.17, 15) is 9.90 Å². The molecular weight excluding hydrogens is 206 g/mol. The Kier molecular flexibility index (Phi) is 3.82. The van der Waals surface area contributed by atoms with E-state index in [0.29, 0.717) is 12.8 Å². The normalized spacial score (nSPS) is 35.5. The summed E-state index contributed by atoms with van der Waals surface area (Å²) in [6.45, 7) is 0.0109. The predicted octanol–water partition coefficient (Wildman–Crippen LogP) is 0.425. The highest BCUT2D eigenvalue weighted by Crippen LogP contribution is 2.28. The van der Waals surface area contributed by atoms with Gasteiger partial charge in [0.15, 0.2) is 0 Å². The van der Waals surface area contributed by atoms with Gasteiger partial charge in [0.2, 0.25) is 5.91 Å². The lowest BCUT2D eigenvalue weighted by Gasteiger charge is -2.15. The fourth-order valence-electron chi connectivity index (χ4n) is 2.92. The molecule has 0 aliphatic heterocycles. The van der Waals surface area contributed by atoms with E-state index in [0.717, 1.165) is 25.7 Å². The van der Waals surface area contributed by atoms with Crippen LogP contribution in [0.5, 0.6) is 0 Å². The Bertz CT molecular complexity index is 251. The summed E-state index contributed by atoms with van der Waals surface area (Å²) < 4.78 is 0. The van der Waals surface area contributed by atoms with Crippen molar-refractivity contribution in [1.82, 2.24) is 5.32 Å². The lowest BCUT2D eigenvalue weighted by molar-refractivity contribution is -0.125. The molecule has 0 radical (unpaired) electrons. The van der Waals surface area contributed by atoms with Crippen LogP contribution in [0, 0.1) is 11.8 Å². The Balaban J connectivity index is 1.79. The molecule has 16 heavy (non-hydrogen) atoms. The quantitative estimate of drug-likeness (QED) is 0.654. The summed E-state index contributed by atoms with van der Waals surface area (Å²) in [5.41, 5.74) is 0. The molecule has 2 rings (SSSR count). The fraction of sp³-hybridized carbons (Fsp3) is 0.917. The number of hydrogen-bond donors (Lipinski definition) is 3. The molecule has 3 atom stereocenters. The van der Waals surface area contributed by atoms with Gasteiger partial charge in [-0.25, -0.2) is 0 Å². The van der Waals surface area contributed by atoms with Crippen LogP contribution in [-0.2, 0) is 4.79 Å². The van der Waals surface area contributed by atoms with Gasteiger partial charge < -0.3 is 15.5 Å². The van der Waals surface area contributed by atoms with Gasteiger partial charge in [0, 0.05) is 24.5 Å². The molecule has 0 aromatic heterocycles. The maximum absolute atomic E-state index is 11.8. The van der Waals surface area contributed by atoms with Crippen molar-refractivity contribution in [3.63, 3.8) is 0 Å². The van der Waals surface area contributed by atoms with E-state index in [1.54, 1.807) is 0 Å². The number of aliphatic hydroxyl groups is 2. The van der Waals surface area contributed by atoms with Gasteiger partial charge >= 0.3 is 0 Å². The van der Waals surface area contributed by atoms with Gasteiger partial charge in [0.1, 0.15) is 0 Å². The molecule has 0 bridgehead atoms. The summed E-state index contributed by atoms with van der Waals surface area (Å²) >= 11 is 0. The molecule has 0 unspecified atom stereocenters. The summed E-state index contributed by atoms with van der Waals surface area (Å²) in [5.74, 6) is 0.271. The zero-order valence-electron chi connectivity index (χ0n) is 9.56. The van der Waals surface area contributed by atoms with E-state index >= 15 is 0 Å². The second-order valence-electron chi connectivity index (χ2n) is 5.17. The number of carbonyl (C=O) groups excluding carboxylic acids is 1. The second-order valence-corrected chi connectivity index (χ2v) is 5.17. The average molecular weight is 227 g/mol. The van der Waals surface area contributed by atoms with E-state index in [4.69, 9.17) is 5.11 Å². The first-order valence-electron chi connectivity index (χ1n) is 6.30. The van der Waals surface area contributed by atoms with Gasteiger partial charge in [-0.2, -0.15) is 0 Å². The molecule has 0 heterocycles. The molecule has 0 aromatic carbocycles. The zero-order valence-corrected chi connectivity index (χ0v) is 9.56. The van der Waals surface area contributed by atoms with Crippen molar-refractivity contribution < 1.29 is 15.0 Å². The predicted molar refractivity (Wildman–Crippen MR) is 59.7 cm³/mol. The molecule has 1 amide bonds. The van der Waals surface area contributed by atoms with Crippen molar-refractivity contribution in [2.24, 2.45) is 11.8 Å². The second kappa shape index (κ2) is 5.15. The van der Waals surface area contributed by atoms with Crippen LogP contribution >= 0.6 is 0 Å². The minimum absolute atomic E-state index is 0.0109. The highest BCUT2D eigenvalue weighted by molar-refractivity contribution is 5.79. The highest BCUT2D eigenvalue weighted by Gasteiger charge is 2.34. The summed E-state index contributed by atoms with van der Waals surface area (Å²) in [6.07, 6.45) is 5.16. The van der Waals surface area contributed by atoms with Crippen LogP contribution in [0.25, 0.3) is 0 Å². The van der Waals surface area contributed by atoms with Crippen molar-refractivity contribution >= 4 is 5.91 Å². The number of carbonyl (C=O) groups is 1. The van der Waals surface area contributed by atoms with E-state index in [1.165, 1.54) is 0 Å².